The fourth-order valence-electron chi connectivity index (χ4n) is 3.17. The lowest BCUT2D eigenvalue weighted by Crippen LogP contribution is -2.16. The first-order chi connectivity index (χ1) is 16.0. The summed E-state index contributed by atoms with van der Waals surface area (Å²) in [5, 5.41) is 19.2. The SMILES string of the molecule is COc1ccc(OCc2nnc(SCC(=O)/C(C#N)=C3\Sc4ccccc4N3C)n2C)cc1. The Morgan fingerprint density at radius 3 is 2.55 bits per heavy atom. The van der Waals surface area contributed by atoms with Crippen LogP contribution in [0.25, 0.3) is 0 Å². The second kappa shape index (κ2) is 10.0. The topological polar surface area (TPSA) is 93.3 Å². The van der Waals surface area contributed by atoms with E-state index in [0.29, 0.717) is 21.8 Å². The van der Waals surface area contributed by atoms with Crippen LogP contribution in [0.2, 0.25) is 0 Å². The van der Waals surface area contributed by atoms with Crippen LogP contribution in [0.15, 0.2) is 69.2 Å². The molecule has 0 N–H and O–H groups in total. The lowest BCUT2D eigenvalue weighted by atomic mass is 10.2. The molecule has 1 aromatic heterocycles. The van der Waals surface area contributed by atoms with Gasteiger partial charge in [0.1, 0.15) is 34.8 Å². The number of hydrogen-bond donors (Lipinski definition) is 0. The zero-order valence-electron chi connectivity index (χ0n) is 18.3. The number of aromatic nitrogens is 3. The van der Waals surface area contributed by atoms with Crippen LogP contribution in [0.5, 0.6) is 11.5 Å². The summed E-state index contributed by atoms with van der Waals surface area (Å²) in [5.41, 5.74) is 1.14. The average molecular weight is 480 g/mol. The number of allylic oxidation sites excluding steroid dienone is 1. The van der Waals surface area contributed by atoms with Gasteiger partial charge in [0.25, 0.3) is 0 Å². The van der Waals surface area contributed by atoms with Crippen molar-refractivity contribution in [3.05, 3.63) is 65.0 Å². The predicted octanol–water partition coefficient (Wildman–Crippen LogP) is 4.04. The number of ether oxygens (including phenoxy) is 2. The van der Waals surface area contributed by atoms with E-state index in [2.05, 4.69) is 16.3 Å². The summed E-state index contributed by atoms with van der Waals surface area (Å²) in [4.78, 5) is 15.8. The minimum Gasteiger partial charge on any atom is -0.497 e. The van der Waals surface area contributed by atoms with Crippen LogP contribution < -0.4 is 14.4 Å². The Kier molecular flexibility index (Phi) is 6.91. The van der Waals surface area contributed by atoms with E-state index < -0.39 is 0 Å². The van der Waals surface area contributed by atoms with Gasteiger partial charge in [0.15, 0.2) is 16.8 Å². The molecule has 0 saturated carbocycles. The van der Waals surface area contributed by atoms with Crippen molar-refractivity contribution in [1.82, 2.24) is 14.8 Å². The second-order valence-electron chi connectivity index (χ2n) is 7.05. The Morgan fingerprint density at radius 2 is 1.85 bits per heavy atom. The standard InChI is InChI=1S/C23H21N5O3S2/c1-27-18-6-4-5-7-20(18)33-22(27)17(12-24)19(29)14-32-23-26-25-21(28(23)2)13-31-16-10-8-15(30-3)9-11-16/h4-11H,13-14H2,1-3H3/b22-17-. The maximum absolute atomic E-state index is 12.9. The van der Waals surface area contributed by atoms with Gasteiger partial charge in [-0.15, -0.1) is 10.2 Å². The number of anilines is 1. The lowest BCUT2D eigenvalue weighted by molar-refractivity contribution is -0.112. The van der Waals surface area contributed by atoms with Crippen molar-refractivity contribution in [2.45, 2.75) is 16.7 Å². The molecule has 0 unspecified atom stereocenters. The van der Waals surface area contributed by atoms with Gasteiger partial charge in [-0.1, -0.05) is 35.7 Å². The molecule has 0 atom stereocenters. The highest BCUT2D eigenvalue weighted by Crippen LogP contribution is 2.46. The van der Waals surface area contributed by atoms with Crippen molar-refractivity contribution in [2.24, 2.45) is 7.05 Å². The van der Waals surface area contributed by atoms with Crippen LogP contribution in [-0.4, -0.2) is 40.5 Å². The smallest absolute Gasteiger partial charge is 0.191 e. The number of methoxy groups -OCH3 is 1. The quantitative estimate of drug-likeness (QED) is 0.269. The van der Waals surface area contributed by atoms with E-state index in [1.54, 1.807) is 11.7 Å². The van der Waals surface area contributed by atoms with Gasteiger partial charge in [0.2, 0.25) is 0 Å². The highest BCUT2D eigenvalue weighted by atomic mass is 32.2. The fourth-order valence-corrected chi connectivity index (χ4v) is 5.13. The summed E-state index contributed by atoms with van der Waals surface area (Å²) >= 11 is 2.68. The number of fused-ring (bicyclic) bond motifs is 1. The van der Waals surface area contributed by atoms with Crippen LogP contribution in [-0.2, 0) is 18.4 Å². The molecular formula is C23H21N5O3S2. The molecule has 10 heteroatoms. The summed E-state index contributed by atoms with van der Waals surface area (Å²) in [6.07, 6.45) is 0. The van der Waals surface area contributed by atoms with Crippen molar-refractivity contribution >= 4 is 35.0 Å². The van der Waals surface area contributed by atoms with Gasteiger partial charge in [-0.2, -0.15) is 5.26 Å². The number of thioether (sulfide) groups is 2. The molecule has 2 heterocycles. The highest BCUT2D eigenvalue weighted by molar-refractivity contribution is 8.03. The van der Waals surface area contributed by atoms with Crippen molar-refractivity contribution in [1.29, 1.82) is 5.26 Å². The summed E-state index contributed by atoms with van der Waals surface area (Å²) in [7, 11) is 5.29. The lowest BCUT2D eigenvalue weighted by Gasteiger charge is -2.14. The van der Waals surface area contributed by atoms with Gasteiger partial charge in [-0.25, -0.2) is 0 Å². The Balaban J connectivity index is 1.39. The highest BCUT2D eigenvalue weighted by Gasteiger charge is 2.28. The predicted molar refractivity (Wildman–Crippen MR) is 127 cm³/mol. The van der Waals surface area contributed by atoms with E-state index in [9.17, 15) is 10.1 Å². The van der Waals surface area contributed by atoms with Crippen molar-refractivity contribution in [2.75, 3.05) is 24.8 Å². The van der Waals surface area contributed by atoms with Crippen molar-refractivity contribution < 1.29 is 14.3 Å². The molecule has 1 aliphatic heterocycles. The second-order valence-corrected chi connectivity index (χ2v) is 9.03. The third kappa shape index (κ3) is 4.84. The number of nitriles is 1. The van der Waals surface area contributed by atoms with E-state index >= 15 is 0 Å². The molecule has 1 aliphatic rings. The van der Waals surface area contributed by atoms with E-state index in [1.165, 1.54) is 23.5 Å². The first-order valence-corrected chi connectivity index (χ1v) is 11.8. The molecule has 0 saturated heterocycles. The summed E-state index contributed by atoms with van der Waals surface area (Å²) in [5.74, 6) is 1.90. The Hall–Kier alpha value is -3.42. The number of hydrogen-bond acceptors (Lipinski definition) is 9. The Bertz CT molecular complexity index is 1250. The molecule has 2 aromatic carbocycles. The first-order valence-electron chi connectivity index (χ1n) is 9.98. The number of nitrogens with zero attached hydrogens (tertiary/aromatic N) is 5. The molecule has 33 heavy (non-hydrogen) atoms. The molecule has 0 amide bonds. The van der Waals surface area contributed by atoms with E-state index in [4.69, 9.17) is 9.47 Å². The van der Waals surface area contributed by atoms with Crippen LogP contribution in [0, 0.1) is 11.3 Å². The molecule has 0 spiro atoms. The summed E-state index contributed by atoms with van der Waals surface area (Å²) in [6, 6.07) is 17.2. The molecule has 0 bridgehead atoms. The van der Waals surface area contributed by atoms with E-state index in [1.807, 2.05) is 67.5 Å². The Morgan fingerprint density at radius 1 is 1.12 bits per heavy atom. The van der Waals surface area contributed by atoms with Gasteiger partial charge in [0.05, 0.1) is 18.6 Å². The number of para-hydroxylation sites is 1. The van der Waals surface area contributed by atoms with Crippen LogP contribution >= 0.6 is 23.5 Å². The fraction of sp³-hybridized carbons (Fsp3) is 0.217. The molecule has 168 valence electrons. The molecule has 0 radical (unpaired) electrons. The van der Waals surface area contributed by atoms with Crippen molar-refractivity contribution in [3.63, 3.8) is 0 Å². The zero-order chi connectivity index (χ0) is 23.4. The van der Waals surface area contributed by atoms with E-state index in [-0.39, 0.29) is 23.7 Å². The zero-order valence-corrected chi connectivity index (χ0v) is 19.9. The molecule has 0 fully saturated rings. The third-order valence-corrected chi connectivity index (χ3v) is 7.28. The van der Waals surface area contributed by atoms with Gasteiger partial charge >= 0.3 is 0 Å². The molecule has 8 nitrogen and oxygen atoms in total. The number of carbonyl (C=O) groups is 1. The van der Waals surface area contributed by atoms with Gasteiger partial charge < -0.3 is 18.9 Å². The van der Waals surface area contributed by atoms with E-state index in [0.717, 1.165) is 16.3 Å². The van der Waals surface area contributed by atoms with Crippen molar-refractivity contribution in [3.8, 4) is 17.6 Å². The molecule has 4 rings (SSSR count). The molecule has 0 aliphatic carbocycles. The van der Waals surface area contributed by atoms with Crippen LogP contribution in [0.3, 0.4) is 0 Å². The average Bonchev–Trinajstić information content (AvgIpc) is 3.36. The maximum atomic E-state index is 12.9. The first kappa shape index (κ1) is 22.8. The summed E-state index contributed by atoms with van der Waals surface area (Å²) in [6.45, 7) is 0.234. The normalized spacial score (nSPS) is 13.9. The number of rotatable bonds is 8. The monoisotopic (exact) mass is 479 g/mol. The third-order valence-electron chi connectivity index (χ3n) is 5.03. The van der Waals surface area contributed by atoms with Crippen LogP contribution in [0.1, 0.15) is 5.82 Å². The maximum Gasteiger partial charge on any atom is 0.191 e. The van der Waals surface area contributed by atoms with Gasteiger partial charge in [-0.05, 0) is 36.4 Å². The minimum absolute atomic E-state index is 0.0858. The van der Waals surface area contributed by atoms with Gasteiger partial charge in [0, 0.05) is 19.0 Å². The number of benzene rings is 2. The number of carbonyl (C=O) groups excluding carboxylic acids is 1. The number of Topliss-reactive ketones (excluding diaryl/α,β-unsaturated/α-hetero) is 1. The molecule has 3 aromatic rings. The minimum atomic E-state index is -0.247. The van der Waals surface area contributed by atoms with Crippen LogP contribution in [0.4, 0.5) is 5.69 Å². The summed E-state index contributed by atoms with van der Waals surface area (Å²) < 4.78 is 12.7. The van der Waals surface area contributed by atoms with Gasteiger partial charge in [-0.3, -0.25) is 4.79 Å². The largest absolute Gasteiger partial charge is 0.497 e. The Labute approximate surface area is 200 Å². The molecular weight excluding hydrogens is 458 g/mol. The number of ketones is 1.